The van der Waals surface area contributed by atoms with Gasteiger partial charge in [0, 0.05) is 6.42 Å². The van der Waals surface area contributed by atoms with E-state index >= 15 is 0 Å². The van der Waals surface area contributed by atoms with Crippen molar-refractivity contribution in [2.24, 2.45) is 0 Å². The van der Waals surface area contributed by atoms with Gasteiger partial charge in [0.15, 0.2) is 12.1 Å². The molecule has 0 amide bonds. The van der Waals surface area contributed by atoms with E-state index in [-0.39, 0.29) is 58.6 Å². The maximum absolute atomic E-state index is 10.0. The molecule has 0 bridgehead atoms. The Hall–Kier alpha value is 0.976. The average Bonchev–Trinajstić information content (AvgIpc) is 1.68. The summed E-state index contributed by atoms with van der Waals surface area (Å²) in [6.07, 6.45) is 1.52. The van der Waals surface area contributed by atoms with E-state index < -0.39 is 0 Å². The summed E-state index contributed by atoms with van der Waals surface area (Å²) in [4.78, 5) is 19.6. The van der Waals surface area contributed by atoms with Crippen molar-refractivity contribution >= 4 is 12.1 Å². The number of Topliss-reactive ketones (excluding diaryl/α,β-unsaturated/α-hetero) is 1. The van der Waals surface area contributed by atoms with Crippen LogP contribution in [0.4, 0.5) is 0 Å². The fourth-order valence-corrected chi connectivity index (χ4v) is 0.305. The monoisotopic (exact) mass is 140 g/mol. The smallest absolute Gasteiger partial charge is 1.00 e. The van der Waals surface area contributed by atoms with E-state index in [1.807, 2.05) is 6.92 Å². The first-order valence-electron chi connectivity index (χ1n) is 2.29. The van der Waals surface area contributed by atoms with Gasteiger partial charge in [-0.2, -0.15) is 0 Å². The molecule has 2 nitrogen and oxygen atoms in total. The van der Waals surface area contributed by atoms with Crippen molar-refractivity contribution in [1.29, 1.82) is 0 Å². The molecule has 0 aromatic rings. The topological polar surface area (TPSA) is 34.1 Å². The van der Waals surface area contributed by atoms with E-state index in [1.165, 1.54) is 0 Å². The minimum absolute atomic E-state index is 0. The Balaban J connectivity index is -0.000000180. The molecule has 0 rings (SSSR count). The molecule has 0 atom stereocenters. The number of carbonyl (C=O) groups is 2. The summed E-state index contributed by atoms with van der Waals surface area (Å²) in [6.45, 7) is 1.86. The maximum atomic E-state index is 10.0. The Morgan fingerprint density at radius 1 is 1.75 bits per heavy atom. The molecule has 0 unspecified atom stereocenters. The number of carbonyl (C=O) groups excluding carboxylic acids is 2. The van der Waals surface area contributed by atoms with Crippen LogP contribution < -0.4 is 51.4 Å². The van der Waals surface area contributed by atoms with E-state index in [0.29, 0.717) is 12.7 Å². The molecule has 3 heteroatoms. The summed E-state index contributed by atoms with van der Waals surface area (Å²) < 4.78 is 0. The summed E-state index contributed by atoms with van der Waals surface area (Å²) >= 11 is 0. The first-order chi connectivity index (χ1) is 3.31. The van der Waals surface area contributed by atoms with Crippen LogP contribution in [0.5, 0.6) is 0 Å². The molecule has 0 saturated carbocycles. The molecule has 0 saturated heterocycles. The van der Waals surface area contributed by atoms with Gasteiger partial charge in [0.25, 0.3) is 0 Å². The van der Waals surface area contributed by atoms with Gasteiger partial charge in [-0.05, 0) is 6.42 Å². The summed E-state index contributed by atoms with van der Waals surface area (Å²) in [5.41, 5.74) is 0. The zero-order valence-electron chi connectivity index (χ0n) is 6.31. The van der Waals surface area contributed by atoms with E-state index in [1.54, 1.807) is 0 Å². The van der Waals surface area contributed by atoms with Crippen molar-refractivity contribution in [3.05, 3.63) is 0 Å². The minimum Gasteiger partial charge on any atom is -1.00 e. The molecule has 0 aromatic carbocycles. The van der Waals surface area contributed by atoms with E-state index in [4.69, 9.17) is 0 Å². The van der Waals surface area contributed by atoms with Gasteiger partial charge in [-0.1, -0.05) is 6.92 Å². The third kappa shape index (κ3) is 6.98. The molecule has 42 valence electrons. The molecule has 0 fully saturated rings. The normalized spacial score (nSPS) is 7.12. The van der Waals surface area contributed by atoms with Gasteiger partial charge in [0.1, 0.15) is 0 Å². The van der Waals surface area contributed by atoms with Crippen LogP contribution in [0.1, 0.15) is 21.2 Å². The van der Waals surface area contributed by atoms with E-state index in [0.717, 1.165) is 6.42 Å². The third-order valence-corrected chi connectivity index (χ3v) is 0.628. The van der Waals surface area contributed by atoms with E-state index in [9.17, 15) is 9.59 Å². The third-order valence-electron chi connectivity index (χ3n) is 0.628. The van der Waals surface area contributed by atoms with Gasteiger partial charge in [0.2, 0.25) is 0 Å². The predicted molar refractivity (Wildman–Crippen MR) is 27.1 cm³/mol. The summed E-state index contributed by atoms with van der Waals surface area (Å²) in [5.74, 6) is -0.303. The standard InChI is InChI=1S/C5H8O2.K.H/c1-2-3-5(7)4-6;;/h4H,2-3H2,1H3;;/q;+1;-1. The number of ketones is 1. The van der Waals surface area contributed by atoms with Crippen molar-refractivity contribution < 1.29 is 62.4 Å². The van der Waals surface area contributed by atoms with Crippen molar-refractivity contribution in [2.75, 3.05) is 0 Å². The molecule has 0 spiro atoms. The fraction of sp³-hybridized carbons (Fsp3) is 0.600. The SMILES string of the molecule is CCCC(=O)C=O.[H-].[K+]. The predicted octanol–water partition coefficient (Wildman–Crippen LogP) is -2.33. The molecular formula is C5H9KO2. The largest absolute Gasteiger partial charge is 1.00 e. The second kappa shape index (κ2) is 7.98. The van der Waals surface area contributed by atoms with E-state index in [2.05, 4.69) is 0 Å². The number of aldehydes is 1. The van der Waals surface area contributed by atoms with Gasteiger partial charge >= 0.3 is 51.4 Å². The average molecular weight is 140 g/mol. The molecule has 8 heavy (non-hydrogen) atoms. The zero-order chi connectivity index (χ0) is 5.70. The molecular weight excluding hydrogens is 131 g/mol. The van der Waals surface area contributed by atoms with Crippen LogP contribution >= 0.6 is 0 Å². The van der Waals surface area contributed by atoms with Crippen LogP contribution in [0.2, 0.25) is 0 Å². The van der Waals surface area contributed by atoms with Crippen molar-refractivity contribution in [3.63, 3.8) is 0 Å². The second-order valence-electron chi connectivity index (χ2n) is 1.33. The van der Waals surface area contributed by atoms with Gasteiger partial charge in [-0.15, -0.1) is 0 Å². The fourth-order valence-electron chi connectivity index (χ4n) is 0.305. The second-order valence-corrected chi connectivity index (χ2v) is 1.33. The van der Waals surface area contributed by atoms with Crippen LogP contribution in [0.15, 0.2) is 0 Å². The first-order valence-corrected chi connectivity index (χ1v) is 2.29. The summed E-state index contributed by atoms with van der Waals surface area (Å²) in [5, 5.41) is 0. The Labute approximate surface area is 92.9 Å². The zero-order valence-corrected chi connectivity index (χ0v) is 8.43. The Morgan fingerprint density at radius 2 is 2.25 bits per heavy atom. The van der Waals surface area contributed by atoms with Crippen molar-refractivity contribution in [2.45, 2.75) is 19.8 Å². The van der Waals surface area contributed by atoms with Crippen LogP contribution in [-0.4, -0.2) is 12.1 Å². The van der Waals surface area contributed by atoms with Crippen LogP contribution in [0, 0.1) is 0 Å². The molecule has 0 aliphatic heterocycles. The molecule has 0 aromatic heterocycles. The Bertz CT molecular complexity index is 85.0. The Morgan fingerprint density at radius 3 is 2.38 bits per heavy atom. The molecule has 0 N–H and O–H groups in total. The summed E-state index contributed by atoms with van der Waals surface area (Å²) in [6, 6.07) is 0. The van der Waals surface area contributed by atoms with Crippen molar-refractivity contribution in [3.8, 4) is 0 Å². The van der Waals surface area contributed by atoms with Crippen LogP contribution in [0.25, 0.3) is 0 Å². The minimum atomic E-state index is -0.303. The molecule has 0 aliphatic rings. The molecule has 0 aliphatic carbocycles. The maximum Gasteiger partial charge on any atom is 1.00 e. The van der Waals surface area contributed by atoms with Gasteiger partial charge in [-0.3, -0.25) is 9.59 Å². The van der Waals surface area contributed by atoms with Gasteiger partial charge < -0.3 is 1.43 Å². The summed E-state index contributed by atoms with van der Waals surface area (Å²) in [7, 11) is 0. The quantitative estimate of drug-likeness (QED) is 0.250. The Kier molecular flexibility index (Phi) is 11.7. The van der Waals surface area contributed by atoms with Gasteiger partial charge in [0.05, 0.1) is 0 Å². The first kappa shape index (κ1) is 11.7. The molecule has 0 radical (unpaired) electrons. The van der Waals surface area contributed by atoms with Crippen LogP contribution in [0.3, 0.4) is 0 Å². The van der Waals surface area contributed by atoms with Gasteiger partial charge in [-0.25, -0.2) is 0 Å². The number of rotatable bonds is 3. The van der Waals surface area contributed by atoms with Crippen molar-refractivity contribution in [1.82, 2.24) is 0 Å². The number of hydrogen-bond donors (Lipinski definition) is 0. The molecule has 0 heterocycles. The number of hydrogen-bond acceptors (Lipinski definition) is 2. The van der Waals surface area contributed by atoms with Crippen LogP contribution in [-0.2, 0) is 9.59 Å².